The first-order chi connectivity index (χ1) is 10.2. The van der Waals surface area contributed by atoms with Crippen molar-refractivity contribution in [3.05, 3.63) is 29.8 Å². The van der Waals surface area contributed by atoms with Gasteiger partial charge in [0.1, 0.15) is 12.2 Å². The molecule has 4 N–H and O–H groups in total. The van der Waals surface area contributed by atoms with Crippen LogP contribution in [-0.2, 0) is 14.3 Å². The molecule has 0 spiro atoms. The van der Waals surface area contributed by atoms with Crippen molar-refractivity contribution in [2.75, 3.05) is 6.61 Å². The SMILES string of the molecule is Cc1ccc(S(=O)(=O)OCC2C[C@@H](O)C(O)[C@@H](O)[C@H]2O)cc1. The van der Waals surface area contributed by atoms with Crippen molar-refractivity contribution in [1.29, 1.82) is 0 Å². The van der Waals surface area contributed by atoms with Gasteiger partial charge in [0.15, 0.2) is 0 Å². The van der Waals surface area contributed by atoms with Gasteiger partial charge in [-0.05, 0) is 25.5 Å². The van der Waals surface area contributed by atoms with Crippen LogP contribution in [0.5, 0.6) is 0 Å². The molecule has 1 aromatic carbocycles. The van der Waals surface area contributed by atoms with E-state index in [1.165, 1.54) is 12.1 Å². The predicted octanol–water partition coefficient (Wildman–Crippen LogP) is -0.836. The van der Waals surface area contributed by atoms with E-state index in [4.69, 9.17) is 4.18 Å². The Morgan fingerprint density at radius 1 is 1.05 bits per heavy atom. The summed E-state index contributed by atoms with van der Waals surface area (Å²) in [7, 11) is -3.99. The Morgan fingerprint density at radius 3 is 2.23 bits per heavy atom. The summed E-state index contributed by atoms with van der Waals surface area (Å²) >= 11 is 0. The van der Waals surface area contributed by atoms with Gasteiger partial charge in [-0.15, -0.1) is 0 Å². The van der Waals surface area contributed by atoms with Crippen LogP contribution in [0.25, 0.3) is 0 Å². The van der Waals surface area contributed by atoms with Gasteiger partial charge in [0.2, 0.25) is 0 Å². The third-order valence-electron chi connectivity index (χ3n) is 3.87. The van der Waals surface area contributed by atoms with Crippen LogP contribution in [0, 0.1) is 12.8 Å². The monoisotopic (exact) mass is 332 g/mol. The van der Waals surface area contributed by atoms with Crippen LogP contribution in [0.1, 0.15) is 12.0 Å². The number of aliphatic hydroxyl groups is 4. The highest BCUT2D eigenvalue weighted by Crippen LogP contribution is 2.27. The Balaban J connectivity index is 2.04. The van der Waals surface area contributed by atoms with Crippen LogP contribution >= 0.6 is 0 Å². The number of benzene rings is 1. The Labute approximate surface area is 128 Å². The second kappa shape index (κ2) is 6.61. The van der Waals surface area contributed by atoms with E-state index >= 15 is 0 Å². The predicted molar refractivity (Wildman–Crippen MR) is 76.5 cm³/mol. The molecule has 2 rings (SSSR count). The zero-order valence-electron chi connectivity index (χ0n) is 12.0. The molecule has 7 nitrogen and oxygen atoms in total. The maximum absolute atomic E-state index is 12.0. The van der Waals surface area contributed by atoms with E-state index in [1.807, 2.05) is 6.92 Å². The molecule has 8 heteroatoms. The second-order valence-electron chi connectivity index (χ2n) is 5.59. The van der Waals surface area contributed by atoms with Crippen molar-refractivity contribution in [3.63, 3.8) is 0 Å². The lowest BCUT2D eigenvalue weighted by molar-refractivity contribution is -0.161. The quantitative estimate of drug-likeness (QED) is 0.530. The van der Waals surface area contributed by atoms with E-state index in [0.717, 1.165) is 5.56 Å². The summed E-state index contributed by atoms with van der Waals surface area (Å²) in [5.74, 6) is -0.798. The van der Waals surface area contributed by atoms with E-state index < -0.39 is 47.1 Å². The van der Waals surface area contributed by atoms with Gasteiger partial charge in [0.25, 0.3) is 10.1 Å². The fourth-order valence-electron chi connectivity index (χ4n) is 2.41. The summed E-state index contributed by atoms with van der Waals surface area (Å²) in [6.45, 7) is 1.43. The molecule has 1 aliphatic carbocycles. The lowest BCUT2D eigenvalue weighted by Crippen LogP contribution is -2.54. The van der Waals surface area contributed by atoms with Gasteiger partial charge in [-0.2, -0.15) is 8.42 Å². The van der Waals surface area contributed by atoms with E-state index in [2.05, 4.69) is 0 Å². The Morgan fingerprint density at radius 2 is 1.64 bits per heavy atom. The standard InChI is InChI=1S/C14H20O7S/c1-8-2-4-10(5-3-8)22(19,20)21-7-9-6-11(15)13(17)14(18)12(9)16/h2-5,9,11-18H,6-7H2,1H3/t9?,11-,12+,13?,14+/m1/s1. The van der Waals surface area contributed by atoms with Crippen LogP contribution in [0.15, 0.2) is 29.2 Å². The van der Waals surface area contributed by atoms with Gasteiger partial charge >= 0.3 is 0 Å². The molecule has 0 aliphatic heterocycles. The smallest absolute Gasteiger partial charge is 0.296 e. The zero-order chi connectivity index (χ0) is 16.5. The molecule has 1 saturated carbocycles. The van der Waals surface area contributed by atoms with Gasteiger partial charge in [0, 0.05) is 5.92 Å². The lowest BCUT2D eigenvalue weighted by Gasteiger charge is -2.37. The number of rotatable bonds is 4. The van der Waals surface area contributed by atoms with Crippen molar-refractivity contribution < 1.29 is 33.0 Å². The normalized spacial score (nSPS) is 32.9. The number of hydrogen-bond donors (Lipinski definition) is 4. The van der Waals surface area contributed by atoms with Gasteiger partial charge in [-0.3, -0.25) is 4.18 Å². The molecule has 124 valence electrons. The zero-order valence-corrected chi connectivity index (χ0v) is 12.8. The average Bonchev–Trinajstić information content (AvgIpc) is 2.48. The molecular weight excluding hydrogens is 312 g/mol. The van der Waals surface area contributed by atoms with Crippen molar-refractivity contribution in [1.82, 2.24) is 0 Å². The van der Waals surface area contributed by atoms with Crippen molar-refractivity contribution in [2.24, 2.45) is 5.92 Å². The third-order valence-corrected chi connectivity index (χ3v) is 5.16. The van der Waals surface area contributed by atoms with Crippen molar-refractivity contribution in [3.8, 4) is 0 Å². The molecule has 5 atom stereocenters. The van der Waals surface area contributed by atoms with E-state index in [0.29, 0.717) is 0 Å². The molecule has 0 bridgehead atoms. The summed E-state index contributed by atoms with van der Waals surface area (Å²) in [6, 6.07) is 6.09. The van der Waals surface area contributed by atoms with E-state index in [-0.39, 0.29) is 11.3 Å². The molecule has 0 aromatic heterocycles. The van der Waals surface area contributed by atoms with Crippen molar-refractivity contribution >= 4 is 10.1 Å². The summed E-state index contributed by atoms with van der Waals surface area (Å²) in [4.78, 5) is -0.00969. The first kappa shape index (κ1) is 17.3. The maximum Gasteiger partial charge on any atom is 0.296 e. The summed E-state index contributed by atoms with van der Waals surface area (Å²) in [5, 5.41) is 38.5. The lowest BCUT2D eigenvalue weighted by atomic mass is 9.81. The summed E-state index contributed by atoms with van der Waals surface area (Å²) in [5.41, 5.74) is 0.905. The average molecular weight is 332 g/mol. The van der Waals surface area contributed by atoms with Gasteiger partial charge < -0.3 is 20.4 Å². The highest BCUT2D eigenvalue weighted by Gasteiger charge is 2.42. The highest BCUT2D eigenvalue weighted by molar-refractivity contribution is 7.86. The minimum absolute atomic E-state index is 0.00969. The van der Waals surface area contributed by atoms with Crippen LogP contribution in [0.3, 0.4) is 0 Å². The van der Waals surface area contributed by atoms with Crippen molar-refractivity contribution in [2.45, 2.75) is 42.7 Å². The molecular formula is C14H20O7S. The van der Waals surface area contributed by atoms with Crippen LogP contribution in [0.4, 0.5) is 0 Å². The minimum atomic E-state index is -3.99. The van der Waals surface area contributed by atoms with Gasteiger partial charge in [-0.25, -0.2) is 0 Å². The summed E-state index contributed by atoms with van der Waals surface area (Å²) in [6.07, 6.45) is -5.68. The Hall–Kier alpha value is -1.03. The number of aryl methyl sites for hydroxylation is 1. The first-order valence-electron chi connectivity index (χ1n) is 6.91. The molecule has 0 heterocycles. The molecule has 2 unspecified atom stereocenters. The number of hydrogen-bond acceptors (Lipinski definition) is 7. The van der Waals surface area contributed by atoms with E-state index in [1.54, 1.807) is 12.1 Å². The number of aliphatic hydroxyl groups excluding tert-OH is 4. The molecule has 1 aromatic rings. The van der Waals surface area contributed by atoms with Gasteiger partial charge in [-0.1, -0.05) is 17.7 Å². The molecule has 1 fully saturated rings. The second-order valence-corrected chi connectivity index (χ2v) is 7.20. The largest absolute Gasteiger partial charge is 0.390 e. The third kappa shape index (κ3) is 3.65. The Bertz CT molecular complexity index is 598. The van der Waals surface area contributed by atoms with Crippen LogP contribution in [-0.4, -0.2) is 59.9 Å². The fourth-order valence-corrected chi connectivity index (χ4v) is 3.37. The Kier molecular flexibility index (Phi) is 5.21. The highest BCUT2D eigenvalue weighted by atomic mass is 32.2. The first-order valence-corrected chi connectivity index (χ1v) is 8.31. The van der Waals surface area contributed by atoms with Crippen LogP contribution in [0.2, 0.25) is 0 Å². The fraction of sp³-hybridized carbons (Fsp3) is 0.571. The minimum Gasteiger partial charge on any atom is -0.390 e. The molecule has 1 aliphatic rings. The molecule has 0 saturated heterocycles. The molecule has 22 heavy (non-hydrogen) atoms. The topological polar surface area (TPSA) is 124 Å². The molecule has 0 radical (unpaired) electrons. The van der Waals surface area contributed by atoms with E-state index in [9.17, 15) is 28.8 Å². The maximum atomic E-state index is 12.0. The van der Waals surface area contributed by atoms with Gasteiger partial charge in [0.05, 0.1) is 23.7 Å². The summed E-state index contributed by atoms with van der Waals surface area (Å²) < 4.78 is 29.0. The van der Waals surface area contributed by atoms with Crippen LogP contribution < -0.4 is 0 Å². The molecule has 0 amide bonds.